The lowest BCUT2D eigenvalue weighted by molar-refractivity contribution is -0.0764. The van der Waals surface area contributed by atoms with Gasteiger partial charge in [-0.2, -0.15) is 5.10 Å². The monoisotopic (exact) mass is 458 g/mol. The van der Waals surface area contributed by atoms with Crippen LogP contribution in [0.15, 0.2) is 24.4 Å². The Bertz CT molecular complexity index is 943. The largest absolute Gasteiger partial charge is 0.493 e. The number of methoxy groups -OCH3 is 3. The van der Waals surface area contributed by atoms with E-state index in [0.29, 0.717) is 29.5 Å². The predicted molar refractivity (Wildman–Crippen MR) is 123 cm³/mol. The van der Waals surface area contributed by atoms with Crippen LogP contribution in [0, 0.1) is 0 Å². The maximum Gasteiger partial charge on any atom is 0.271 e. The molecule has 0 aliphatic carbocycles. The van der Waals surface area contributed by atoms with Crippen LogP contribution in [0.2, 0.25) is 0 Å². The Morgan fingerprint density at radius 3 is 2.42 bits per heavy atom. The Labute approximate surface area is 194 Å². The quantitative estimate of drug-likeness (QED) is 0.650. The number of carbonyl (C=O) groups is 1. The highest BCUT2D eigenvalue weighted by Crippen LogP contribution is 2.41. The van der Waals surface area contributed by atoms with Crippen LogP contribution >= 0.6 is 0 Å². The van der Waals surface area contributed by atoms with Crippen LogP contribution in [0.5, 0.6) is 17.2 Å². The van der Waals surface area contributed by atoms with Gasteiger partial charge in [0.15, 0.2) is 11.5 Å². The van der Waals surface area contributed by atoms with E-state index in [-0.39, 0.29) is 17.6 Å². The second kappa shape index (κ2) is 10.0. The van der Waals surface area contributed by atoms with Gasteiger partial charge in [-0.3, -0.25) is 14.4 Å². The molecule has 2 saturated heterocycles. The summed E-state index contributed by atoms with van der Waals surface area (Å²) in [7, 11) is 6.69. The highest BCUT2D eigenvalue weighted by atomic mass is 16.5. The molecule has 1 atom stereocenters. The van der Waals surface area contributed by atoms with Crippen molar-refractivity contribution in [1.29, 1.82) is 0 Å². The Morgan fingerprint density at radius 2 is 1.85 bits per heavy atom. The Morgan fingerprint density at radius 1 is 1.15 bits per heavy atom. The molecule has 0 unspecified atom stereocenters. The van der Waals surface area contributed by atoms with Gasteiger partial charge in [0, 0.05) is 39.4 Å². The molecule has 4 rings (SSSR count). The van der Waals surface area contributed by atoms with E-state index in [1.807, 2.05) is 12.1 Å². The van der Waals surface area contributed by atoms with E-state index in [4.69, 9.17) is 18.9 Å². The molecule has 0 radical (unpaired) electrons. The molecule has 9 heteroatoms. The van der Waals surface area contributed by atoms with Crippen molar-refractivity contribution in [2.24, 2.45) is 7.05 Å². The molecule has 1 aromatic heterocycles. The first-order valence-corrected chi connectivity index (χ1v) is 11.4. The van der Waals surface area contributed by atoms with Crippen LogP contribution in [-0.2, 0) is 18.3 Å². The summed E-state index contributed by atoms with van der Waals surface area (Å²) in [4.78, 5) is 14.7. The van der Waals surface area contributed by atoms with Gasteiger partial charge in [-0.05, 0) is 49.4 Å². The number of rotatable bonds is 8. The number of hydrogen-bond donors (Lipinski definition) is 1. The summed E-state index contributed by atoms with van der Waals surface area (Å²) in [6, 6.07) is 5.74. The third-order valence-electron chi connectivity index (χ3n) is 6.67. The second-order valence-electron chi connectivity index (χ2n) is 8.86. The van der Waals surface area contributed by atoms with E-state index in [2.05, 4.69) is 15.3 Å². The number of benzene rings is 1. The number of hydrogen-bond acceptors (Lipinski definition) is 7. The summed E-state index contributed by atoms with van der Waals surface area (Å²) < 4.78 is 24.5. The van der Waals surface area contributed by atoms with Crippen molar-refractivity contribution >= 4 is 5.91 Å². The van der Waals surface area contributed by atoms with Crippen molar-refractivity contribution in [3.05, 3.63) is 35.7 Å². The van der Waals surface area contributed by atoms with Crippen molar-refractivity contribution in [2.45, 2.75) is 43.9 Å². The van der Waals surface area contributed by atoms with Gasteiger partial charge in [-0.25, -0.2) is 0 Å². The fourth-order valence-corrected chi connectivity index (χ4v) is 4.84. The zero-order chi connectivity index (χ0) is 23.4. The minimum Gasteiger partial charge on any atom is -0.493 e. The van der Waals surface area contributed by atoms with E-state index in [0.717, 1.165) is 50.9 Å². The number of likely N-dealkylation sites (tertiary alicyclic amines) is 1. The average molecular weight is 459 g/mol. The number of aromatic nitrogens is 2. The van der Waals surface area contributed by atoms with Crippen LogP contribution < -0.4 is 19.5 Å². The van der Waals surface area contributed by atoms with Gasteiger partial charge in [-0.15, -0.1) is 0 Å². The third kappa shape index (κ3) is 5.25. The molecule has 0 saturated carbocycles. The van der Waals surface area contributed by atoms with Crippen LogP contribution in [0.25, 0.3) is 0 Å². The standard InChI is InChI=1S/C24H34N4O5/c1-27-10-6-19(26-27)23(29)25-15-18-5-7-24(33-18)8-11-28(12-9-24)16-17-13-20(30-2)22(32-4)21(14-17)31-3/h6,10,13-14,18H,5,7-9,11-12,15-16H2,1-4H3,(H,25,29)/t18-/m0/s1. The number of aryl methyl sites for hydroxylation is 1. The SMILES string of the molecule is COc1cc(CN2CCC3(CC[C@@H](CNC(=O)c4ccn(C)n4)O3)CC2)cc(OC)c1OC. The lowest BCUT2D eigenvalue weighted by Gasteiger charge is -2.39. The fourth-order valence-electron chi connectivity index (χ4n) is 4.84. The van der Waals surface area contributed by atoms with Gasteiger partial charge in [0.25, 0.3) is 5.91 Å². The van der Waals surface area contributed by atoms with Gasteiger partial charge in [-0.1, -0.05) is 0 Å². The van der Waals surface area contributed by atoms with Crippen molar-refractivity contribution in [1.82, 2.24) is 20.0 Å². The van der Waals surface area contributed by atoms with Crippen LogP contribution in [0.1, 0.15) is 41.7 Å². The molecule has 0 bridgehead atoms. The molecule has 33 heavy (non-hydrogen) atoms. The molecular weight excluding hydrogens is 424 g/mol. The first kappa shape index (κ1) is 23.4. The molecule has 1 N–H and O–H groups in total. The van der Waals surface area contributed by atoms with Crippen molar-refractivity contribution in [2.75, 3.05) is 41.0 Å². The Balaban J connectivity index is 1.28. The van der Waals surface area contributed by atoms with Crippen molar-refractivity contribution < 1.29 is 23.7 Å². The minimum absolute atomic E-state index is 0.0549. The lowest BCUT2D eigenvalue weighted by atomic mass is 9.88. The molecule has 2 aromatic rings. The van der Waals surface area contributed by atoms with Crippen molar-refractivity contribution in [3.63, 3.8) is 0 Å². The first-order valence-electron chi connectivity index (χ1n) is 11.4. The van der Waals surface area contributed by atoms with Crippen LogP contribution in [-0.4, -0.2) is 73.3 Å². The first-order chi connectivity index (χ1) is 15.9. The number of nitrogens with one attached hydrogen (secondary N) is 1. The molecule has 3 heterocycles. The zero-order valence-electron chi connectivity index (χ0n) is 19.9. The van der Waals surface area contributed by atoms with Gasteiger partial charge in [0.2, 0.25) is 5.75 Å². The maximum atomic E-state index is 12.3. The molecule has 2 aliphatic heterocycles. The summed E-state index contributed by atoms with van der Waals surface area (Å²) in [5, 5.41) is 7.11. The summed E-state index contributed by atoms with van der Waals surface area (Å²) in [5.74, 6) is 1.81. The molecule has 2 fully saturated rings. The van der Waals surface area contributed by atoms with Gasteiger partial charge in [0.05, 0.1) is 33.0 Å². The molecule has 1 spiro atoms. The molecule has 180 valence electrons. The smallest absolute Gasteiger partial charge is 0.271 e. The van der Waals surface area contributed by atoms with Crippen molar-refractivity contribution in [3.8, 4) is 17.2 Å². The van der Waals surface area contributed by atoms with E-state index in [1.54, 1.807) is 45.3 Å². The number of nitrogens with zero attached hydrogens (tertiary/aromatic N) is 3. The maximum absolute atomic E-state index is 12.3. The minimum atomic E-state index is -0.152. The Kier molecular flexibility index (Phi) is 7.09. The number of piperidine rings is 1. The van der Waals surface area contributed by atoms with E-state index >= 15 is 0 Å². The van der Waals surface area contributed by atoms with E-state index < -0.39 is 0 Å². The molecular formula is C24H34N4O5. The normalized spacial score (nSPS) is 20.1. The Hall–Kier alpha value is -2.78. The lowest BCUT2D eigenvalue weighted by Crippen LogP contribution is -2.44. The fraction of sp³-hybridized carbons (Fsp3) is 0.583. The van der Waals surface area contributed by atoms with Crippen LogP contribution in [0.4, 0.5) is 0 Å². The highest BCUT2D eigenvalue weighted by Gasteiger charge is 2.42. The molecule has 1 amide bonds. The summed E-state index contributed by atoms with van der Waals surface area (Å²) in [6.45, 7) is 3.26. The van der Waals surface area contributed by atoms with E-state index in [9.17, 15) is 4.79 Å². The number of ether oxygens (including phenoxy) is 4. The topological polar surface area (TPSA) is 87.1 Å². The molecule has 1 aromatic carbocycles. The average Bonchev–Trinajstić information content (AvgIpc) is 3.45. The number of amides is 1. The third-order valence-corrected chi connectivity index (χ3v) is 6.67. The van der Waals surface area contributed by atoms with Gasteiger partial charge in [0.1, 0.15) is 5.69 Å². The van der Waals surface area contributed by atoms with E-state index in [1.165, 1.54) is 0 Å². The highest BCUT2D eigenvalue weighted by molar-refractivity contribution is 5.92. The zero-order valence-corrected chi connectivity index (χ0v) is 19.9. The summed E-state index contributed by atoms with van der Waals surface area (Å²) in [6.07, 6.45) is 5.80. The summed E-state index contributed by atoms with van der Waals surface area (Å²) in [5.41, 5.74) is 1.49. The molecule has 2 aliphatic rings. The van der Waals surface area contributed by atoms with Crippen LogP contribution in [0.3, 0.4) is 0 Å². The number of carbonyl (C=O) groups excluding carboxylic acids is 1. The van der Waals surface area contributed by atoms with Gasteiger partial charge < -0.3 is 24.3 Å². The predicted octanol–water partition coefficient (Wildman–Crippen LogP) is 2.39. The summed E-state index contributed by atoms with van der Waals surface area (Å²) >= 11 is 0. The van der Waals surface area contributed by atoms with Gasteiger partial charge >= 0.3 is 0 Å². The molecule has 9 nitrogen and oxygen atoms in total. The second-order valence-corrected chi connectivity index (χ2v) is 8.86.